The van der Waals surface area contributed by atoms with Gasteiger partial charge in [0.25, 0.3) is 0 Å². The molecule has 0 saturated carbocycles. The molecule has 0 spiro atoms. The third kappa shape index (κ3) is 6.69. The maximum Gasteiger partial charge on any atom is 0.219 e. The van der Waals surface area contributed by atoms with Gasteiger partial charge in [0, 0.05) is 37.6 Å². The summed E-state index contributed by atoms with van der Waals surface area (Å²) in [6.45, 7) is 8.18. The second-order valence-corrected chi connectivity index (χ2v) is 8.38. The highest BCUT2D eigenvalue weighted by molar-refractivity contribution is 5.85. The van der Waals surface area contributed by atoms with Gasteiger partial charge in [-0.3, -0.25) is 9.78 Å². The molecular weight excluding hydrogens is 374 g/mol. The van der Waals surface area contributed by atoms with Gasteiger partial charge >= 0.3 is 0 Å². The van der Waals surface area contributed by atoms with Gasteiger partial charge in [0.2, 0.25) is 5.91 Å². The molecule has 0 unspecified atom stereocenters. The summed E-state index contributed by atoms with van der Waals surface area (Å²) < 4.78 is 6.48. The number of ether oxygens (including phenoxy) is 1. The molecule has 3 rings (SSSR count). The van der Waals surface area contributed by atoms with Gasteiger partial charge < -0.3 is 15.0 Å². The fourth-order valence-corrected chi connectivity index (χ4v) is 4.11. The zero-order valence-electron chi connectivity index (χ0n) is 18.7. The van der Waals surface area contributed by atoms with E-state index in [1.165, 1.54) is 23.8 Å². The van der Waals surface area contributed by atoms with E-state index < -0.39 is 0 Å². The van der Waals surface area contributed by atoms with Crippen LogP contribution in [0.4, 0.5) is 0 Å². The topological polar surface area (TPSA) is 54.5 Å². The first-order chi connectivity index (χ1) is 14.7. The highest BCUT2D eigenvalue weighted by Crippen LogP contribution is 2.29. The van der Waals surface area contributed by atoms with Crippen LogP contribution >= 0.6 is 0 Å². The molecule has 1 aliphatic rings. The van der Waals surface area contributed by atoms with Crippen molar-refractivity contribution in [2.24, 2.45) is 0 Å². The Hall–Kier alpha value is -2.14. The van der Waals surface area contributed by atoms with Crippen molar-refractivity contribution in [2.45, 2.75) is 71.3 Å². The molecule has 0 atom stereocenters. The SMILES string of the molecule is CCCCc1cc(OC2CCN(CCCNC(=O)CCC)CC2)c2ncccc2c1. The first-order valence-corrected chi connectivity index (χ1v) is 11.7. The van der Waals surface area contributed by atoms with Crippen molar-refractivity contribution in [3.63, 3.8) is 0 Å². The number of aromatic nitrogens is 1. The summed E-state index contributed by atoms with van der Waals surface area (Å²) in [5, 5.41) is 4.17. The van der Waals surface area contributed by atoms with Gasteiger partial charge in [-0.15, -0.1) is 0 Å². The van der Waals surface area contributed by atoms with Crippen molar-refractivity contribution in [3.05, 3.63) is 36.0 Å². The van der Waals surface area contributed by atoms with Crippen LogP contribution in [0.3, 0.4) is 0 Å². The lowest BCUT2D eigenvalue weighted by molar-refractivity contribution is -0.121. The minimum Gasteiger partial charge on any atom is -0.488 e. The summed E-state index contributed by atoms with van der Waals surface area (Å²) in [6.07, 6.45) is 10.2. The summed E-state index contributed by atoms with van der Waals surface area (Å²) in [7, 11) is 0. The van der Waals surface area contributed by atoms with Crippen LogP contribution in [0.2, 0.25) is 0 Å². The molecule has 1 aromatic carbocycles. The standard InChI is InChI=1S/C25H37N3O2/c1-3-5-9-20-18-21-10-6-13-27-25(21)23(19-20)30-22-11-16-28(17-12-22)15-7-14-26-24(29)8-4-2/h6,10,13,18-19,22H,3-5,7-9,11-12,14-17H2,1-2H3,(H,26,29). The quantitative estimate of drug-likeness (QED) is 0.543. The van der Waals surface area contributed by atoms with E-state index in [1.54, 1.807) is 0 Å². The van der Waals surface area contributed by atoms with Crippen LogP contribution in [0, 0.1) is 0 Å². The Bertz CT molecular complexity index is 800. The van der Waals surface area contributed by atoms with Crippen molar-refractivity contribution in [2.75, 3.05) is 26.2 Å². The summed E-state index contributed by atoms with van der Waals surface area (Å²) in [4.78, 5) is 18.6. The number of fused-ring (bicyclic) bond motifs is 1. The molecule has 0 aliphatic carbocycles. The van der Waals surface area contributed by atoms with Crippen molar-refractivity contribution in [1.29, 1.82) is 0 Å². The summed E-state index contributed by atoms with van der Waals surface area (Å²) in [5.41, 5.74) is 2.32. The molecule has 1 amide bonds. The number of hydrogen-bond acceptors (Lipinski definition) is 4. The number of nitrogens with one attached hydrogen (secondary N) is 1. The van der Waals surface area contributed by atoms with Crippen LogP contribution in [0.1, 0.15) is 64.4 Å². The zero-order chi connectivity index (χ0) is 21.2. The molecule has 5 heteroatoms. The molecule has 5 nitrogen and oxygen atoms in total. The lowest BCUT2D eigenvalue weighted by Crippen LogP contribution is -2.39. The molecule has 0 radical (unpaired) electrons. The van der Waals surface area contributed by atoms with Gasteiger partial charge in [-0.25, -0.2) is 0 Å². The minimum atomic E-state index is 0.173. The number of benzene rings is 1. The minimum absolute atomic E-state index is 0.173. The second kappa shape index (κ2) is 11.9. The Balaban J connectivity index is 1.50. The normalized spacial score (nSPS) is 15.4. The number of aryl methyl sites for hydroxylation is 1. The van der Waals surface area contributed by atoms with Crippen LogP contribution in [-0.4, -0.2) is 48.1 Å². The van der Waals surface area contributed by atoms with E-state index >= 15 is 0 Å². The van der Waals surface area contributed by atoms with Crippen LogP contribution in [0.25, 0.3) is 10.9 Å². The van der Waals surface area contributed by atoms with Crippen LogP contribution in [0.15, 0.2) is 30.5 Å². The van der Waals surface area contributed by atoms with Crippen LogP contribution in [-0.2, 0) is 11.2 Å². The van der Waals surface area contributed by atoms with Gasteiger partial charge in [-0.1, -0.05) is 26.3 Å². The van der Waals surface area contributed by atoms with Crippen molar-refractivity contribution in [3.8, 4) is 5.75 Å². The smallest absolute Gasteiger partial charge is 0.219 e. The summed E-state index contributed by atoms with van der Waals surface area (Å²) >= 11 is 0. The van der Waals surface area contributed by atoms with Crippen LogP contribution < -0.4 is 10.1 Å². The first-order valence-electron chi connectivity index (χ1n) is 11.7. The summed E-state index contributed by atoms with van der Waals surface area (Å²) in [5.74, 6) is 1.11. The molecule has 0 bridgehead atoms. The first kappa shape index (κ1) is 22.5. The Morgan fingerprint density at radius 1 is 1.20 bits per heavy atom. The predicted octanol–water partition coefficient (Wildman–Crippen LogP) is 4.73. The molecule has 1 aromatic heterocycles. The Morgan fingerprint density at radius 2 is 2.03 bits per heavy atom. The third-order valence-electron chi connectivity index (χ3n) is 5.83. The van der Waals surface area contributed by atoms with Gasteiger partial charge in [-0.2, -0.15) is 0 Å². The van der Waals surface area contributed by atoms with E-state index in [9.17, 15) is 4.79 Å². The average molecular weight is 412 g/mol. The molecule has 164 valence electrons. The van der Waals surface area contributed by atoms with Gasteiger partial charge in [-0.05, 0) is 68.8 Å². The van der Waals surface area contributed by atoms with Crippen LogP contribution in [0.5, 0.6) is 5.75 Å². The summed E-state index contributed by atoms with van der Waals surface area (Å²) in [6, 6.07) is 8.59. The maximum atomic E-state index is 11.5. The number of unbranched alkanes of at least 4 members (excludes halogenated alkanes) is 1. The molecule has 1 aliphatic heterocycles. The number of carbonyl (C=O) groups is 1. The lowest BCUT2D eigenvalue weighted by Gasteiger charge is -2.32. The number of piperidine rings is 1. The monoisotopic (exact) mass is 411 g/mol. The van der Waals surface area contributed by atoms with E-state index in [0.29, 0.717) is 6.42 Å². The molecular formula is C25H37N3O2. The highest BCUT2D eigenvalue weighted by atomic mass is 16.5. The van der Waals surface area contributed by atoms with E-state index in [1.807, 2.05) is 19.2 Å². The fourth-order valence-electron chi connectivity index (χ4n) is 4.11. The highest BCUT2D eigenvalue weighted by Gasteiger charge is 2.21. The molecule has 1 N–H and O–H groups in total. The Labute approximate surface area is 181 Å². The number of amides is 1. The van der Waals surface area contributed by atoms with E-state index in [0.717, 1.165) is 69.5 Å². The number of likely N-dealkylation sites (tertiary alicyclic amines) is 1. The molecule has 1 fully saturated rings. The van der Waals surface area contributed by atoms with Gasteiger partial charge in [0.05, 0.1) is 0 Å². The number of nitrogens with zero attached hydrogens (tertiary/aromatic N) is 2. The third-order valence-corrected chi connectivity index (χ3v) is 5.83. The molecule has 1 saturated heterocycles. The van der Waals surface area contributed by atoms with Crippen molar-refractivity contribution < 1.29 is 9.53 Å². The number of hydrogen-bond donors (Lipinski definition) is 1. The van der Waals surface area contributed by atoms with E-state index in [4.69, 9.17) is 4.74 Å². The Morgan fingerprint density at radius 3 is 2.80 bits per heavy atom. The van der Waals surface area contributed by atoms with Crippen molar-refractivity contribution >= 4 is 16.8 Å². The molecule has 2 heterocycles. The zero-order valence-corrected chi connectivity index (χ0v) is 18.7. The fraction of sp³-hybridized carbons (Fsp3) is 0.600. The van der Waals surface area contributed by atoms with Gasteiger partial charge in [0.1, 0.15) is 17.4 Å². The average Bonchev–Trinajstić information content (AvgIpc) is 2.76. The largest absolute Gasteiger partial charge is 0.488 e. The number of rotatable bonds is 11. The van der Waals surface area contributed by atoms with Gasteiger partial charge in [0.15, 0.2) is 0 Å². The lowest BCUT2D eigenvalue weighted by atomic mass is 10.0. The second-order valence-electron chi connectivity index (χ2n) is 8.38. The van der Waals surface area contributed by atoms with E-state index in [2.05, 4.69) is 40.3 Å². The number of pyridine rings is 1. The maximum absolute atomic E-state index is 11.5. The Kier molecular flexibility index (Phi) is 8.94. The predicted molar refractivity (Wildman–Crippen MR) is 123 cm³/mol. The van der Waals surface area contributed by atoms with Crippen molar-refractivity contribution in [1.82, 2.24) is 15.2 Å². The number of carbonyl (C=O) groups excluding carboxylic acids is 1. The van der Waals surface area contributed by atoms with E-state index in [-0.39, 0.29) is 12.0 Å². The molecule has 2 aromatic rings. The molecule has 30 heavy (non-hydrogen) atoms.